The molecule has 7 heteroatoms. The van der Waals surface area contributed by atoms with Crippen molar-refractivity contribution in [2.45, 2.75) is 13.0 Å². The van der Waals surface area contributed by atoms with E-state index < -0.39 is 6.10 Å². The maximum Gasteiger partial charge on any atom is 0.265 e. The maximum atomic E-state index is 12.9. The van der Waals surface area contributed by atoms with Crippen LogP contribution in [0.4, 0.5) is 10.1 Å². The molecule has 122 valence electrons. The van der Waals surface area contributed by atoms with Crippen molar-refractivity contribution in [3.63, 3.8) is 0 Å². The van der Waals surface area contributed by atoms with Crippen molar-refractivity contribution in [2.75, 3.05) is 5.32 Å². The van der Waals surface area contributed by atoms with Crippen LogP contribution in [0.3, 0.4) is 0 Å². The third-order valence-electron chi connectivity index (χ3n) is 3.25. The first-order valence-corrected chi connectivity index (χ1v) is 7.31. The van der Waals surface area contributed by atoms with Crippen LogP contribution in [-0.4, -0.2) is 26.8 Å². The first-order valence-electron chi connectivity index (χ1n) is 7.31. The number of hydrogen-bond donors (Lipinski definition) is 1. The molecule has 0 saturated carbocycles. The topological polar surface area (TPSA) is 69.0 Å². The molecule has 0 fully saturated rings. The zero-order chi connectivity index (χ0) is 16.9. The van der Waals surface area contributed by atoms with Gasteiger partial charge in [-0.15, -0.1) is 0 Å². The fourth-order valence-electron chi connectivity index (χ4n) is 2.01. The minimum Gasteiger partial charge on any atom is -0.481 e. The number of halogens is 1. The van der Waals surface area contributed by atoms with Crippen LogP contribution in [-0.2, 0) is 4.79 Å². The summed E-state index contributed by atoms with van der Waals surface area (Å²) in [5.41, 5.74) is 0.547. The van der Waals surface area contributed by atoms with Gasteiger partial charge in [0, 0.05) is 12.4 Å². The molecule has 0 aliphatic carbocycles. The number of hydrogen-bond acceptors (Lipinski definition) is 4. The molecule has 24 heavy (non-hydrogen) atoms. The van der Waals surface area contributed by atoms with Gasteiger partial charge in [0.1, 0.15) is 11.6 Å². The van der Waals surface area contributed by atoms with E-state index >= 15 is 0 Å². The number of benzene rings is 1. The zero-order valence-corrected chi connectivity index (χ0v) is 12.9. The third-order valence-corrected chi connectivity index (χ3v) is 3.25. The molecule has 3 rings (SSSR count). The van der Waals surface area contributed by atoms with Crippen LogP contribution >= 0.6 is 0 Å². The predicted molar refractivity (Wildman–Crippen MR) is 86.5 cm³/mol. The summed E-state index contributed by atoms with van der Waals surface area (Å²) in [4.78, 5) is 16.4. The van der Waals surface area contributed by atoms with Gasteiger partial charge in [0.15, 0.2) is 11.9 Å². The van der Waals surface area contributed by atoms with E-state index in [0.29, 0.717) is 17.3 Å². The number of ether oxygens (including phenoxy) is 1. The van der Waals surface area contributed by atoms with Gasteiger partial charge in [0.05, 0.1) is 11.9 Å². The van der Waals surface area contributed by atoms with Gasteiger partial charge in [-0.1, -0.05) is 0 Å². The first-order chi connectivity index (χ1) is 11.6. The molecule has 0 radical (unpaired) electrons. The van der Waals surface area contributed by atoms with Crippen molar-refractivity contribution in [1.29, 1.82) is 0 Å². The van der Waals surface area contributed by atoms with Crippen LogP contribution in [0.2, 0.25) is 0 Å². The molecule has 1 unspecified atom stereocenters. The first kappa shape index (κ1) is 15.7. The van der Waals surface area contributed by atoms with E-state index in [1.807, 2.05) is 0 Å². The summed E-state index contributed by atoms with van der Waals surface area (Å²) in [7, 11) is 0. The number of anilines is 1. The Balaban J connectivity index is 1.60. The summed E-state index contributed by atoms with van der Waals surface area (Å²) in [6.45, 7) is 1.62. The van der Waals surface area contributed by atoms with E-state index in [1.54, 1.807) is 48.4 Å². The maximum absolute atomic E-state index is 12.9. The Bertz CT molecular complexity index is 802. The van der Waals surface area contributed by atoms with Gasteiger partial charge in [-0.25, -0.2) is 14.1 Å². The van der Waals surface area contributed by atoms with Crippen molar-refractivity contribution in [3.8, 4) is 11.6 Å². The van der Waals surface area contributed by atoms with Crippen LogP contribution in [0.25, 0.3) is 5.82 Å². The molecule has 0 spiro atoms. The smallest absolute Gasteiger partial charge is 0.265 e. The molecular weight excluding hydrogens is 311 g/mol. The molecule has 1 N–H and O–H groups in total. The fraction of sp³-hybridized carbons (Fsp3) is 0.118. The highest BCUT2D eigenvalue weighted by molar-refractivity contribution is 5.94. The van der Waals surface area contributed by atoms with Crippen LogP contribution in [0.1, 0.15) is 6.92 Å². The highest BCUT2D eigenvalue weighted by atomic mass is 19.1. The number of rotatable bonds is 5. The molecular formula is C17H15FN4O2. The molecule has 1 amide bonds. The van der Waals surface area contributed by atoms with E-state index in [9.17, 15) is 9.18 Å². The second-order valence-corrected chi connectivity index (χ2v) is 5.06. The van der Waals surface area contributed by atoms with Crippen LogP contribution in [0.15, 0.2) is 61.1 Å². The summed E-state index contributed by atoms with van der Waals surface area (Å²) >= 11 is 0. The molecule has 2 heterocycles. The number of carbonyl (C=O) groups excluding carboxylic acids is 1. The SMILES string of the molecule is CC(Oc1ccc(F)cc1)C(=O)Nc1ccc(-n2cccn2)nc1. The Morgan fingerprint density at radius 2 is 2.04 bits per heavy atom. The lowest BCUT2D eigenvalue weighted by Gasteiger charge is -2.14. The quantitative estimate of drug-likeness (QED) is 0.783. The molecule has 0 aliphatic heterocycles. The van der Waals surface area contributed by atoms with Crippen LogP contribution < -0.4 is 10.1 Å². The van der Waals surface area contributed by atoms with Crippen LogP contribution in [0, 0.1) is 5.82 Å². The minimum absolute atomic E-state index is 0.326. The van der Waals surface area contributed by atoms with E-state index in [-0.39, 0.29) is 11.7 Å². The number of nitrogens with one attached hydrogen (secondary N) is 1. The molecule has 3 aromatic rings. The fourth-order valence-corrected chi connectivity index (χ4v) is 2.01. The standard InChI is InChI=1S/C17H15FN4O2/c1-12(24-15-6-3-13(18)4-7-15)17(23)21-14-5-8-16(19-11-14)22-10-2-9-20-22/h2-12H,1H3,(H,21,23). The Kier molecular flexibility index (Phi) is 4.51. The van der Waals surface area contributed by atoms with Gasteiger partial charge in [0.25, 0.3) is 5.91 Å². The average molecular weight is 326 g/mol. The van der Waals surface area contributed by atoms with Gasteiger partial charge in [-0.05, 0) is 49.4 Å². The van der Waals surface area contributed by atoms with Gasteiger partial charge in [-0.3, -0.25) is 4.79 Å². The van der Waals surface area contributed by atoms with Crippen molar-refractivity contribution in [3.05, 3.63) is 66.9 Å². The summed E-state index contributed by atoms with van der Waals surface area (Å²) in [6.07, 6.45) is 4.24. The largest absolute Gasteiger partial charge is 0.481 e. The molecule has 1 atom stereocenters. The summed E-state index contributed by atoms with van der Waals surface area (Å²) < 4.78 is 19.9. The second-order valence-electron chi connectivity index (χ2n) is 5.06. The molecule has 2 aromatic heterocycles. The average Bonchev–Trinajstić information content (AvgIpc) is 3.12. The Labute approximate surface area is 137 Å². The second kappa shape index (κ2) is 6.91. The predicted octanol–water partition coefficient (Wildman–Crippen LogP) is 2.81. The molecule has 6 nitrogen and oxygen atoms in total. The number of aromatic nitrogens is 3. The molecule has 0 aliphatic rings. The van der Waals surface area contributed by atoms with Gasteiger partial charge in [0.2, 0.25) is 0 Å². The lowest BCUT2D eigenvalue weighted by molar-refractivity contribution is -0.122. The van der Waals surface area contributed by atoms with Crippen molar-refractivity contribution < 1.29 is 13.9 Å². The highest BCUT2D eigenvalue weighted by Crippen LogP contribution is 2.14. The monoisotopic (exact) mass is 326 g/mol. The molecule has 0 saturated heterocycles. The van der Waals surface area contributed by atoms with Gasteiger partial charge < -0.3 is 10.1 Å². The van der Waals surface area contributed by atoms with E-state index in [0.717, 1.165) is 0 Å². The van der Waals surface area contributed by atoms with Crippen molar-refractivity contribution in [1.82, 2.24) is 14.8 Å². The zero-order valence-electron chi connectivity index (χ0n) is 12.9. The summed E-state index contributed by atoms with van der Waals surface area (Å²) in [5, 5.41) is 6.79. The lowest BCUT2D eigenvalue weighted by Crippen LogP contribution is -2.30. The molecule has 1 aromatic carbocycles. The number of carbonyl (C=O) groups is 1. The Morgan fingerprint density at radius 1 is 1.25 bits per heavy atom. The van der Waals surface area contributed by atoms with Gasteiger partial charge in [-0.2, -0.15) is 5.10 Å². The number of pyridine rings is 1. The van der Waals surface area contributed by atoms with E-state index in [2.05, 4.69) is 15.4 Å². The lowest BCUT2D eigenvalue weighted by atomic mass is 10.3. The summed E-state index contributed by atoms with van der Waals surface area (Å²) in [5.74, 6) is 0.385. The molecule has 0 bridgehead atoms. The number of amides is 1. The summed E-state index contributed by atoms with van der Waals surface area (Å²) in [6, 6.07) is 10.8. The normalized spacial score (nSPS) is 11.8. The van der Waals surface area contributed by atoms with Crippen molar-refractivity contribution >= 4 is 11.6 Å². The van der Waals surface area contributed by atoms with Gasteiger partial charge >= 0.3 is 0 Å². The van der Waals surface area contributed by atoms with E-state index in [4.69, 9.17) is 4.74 Å². The van der Waals surface area contributed by atoms with Crippen LogP contribution in [0.5, 0.6) is 5.75 Å². The Morgan fingerprint density at radius 3 is 2.67 bits per heavy atom. The minimum atomic E-state index is -0.735. The van der Waals surface area contributed by atoms with Crippen molar-refractivity contribution in [2.24, 2.45) is 0 Å². The highest BCUT2D eigenvalue weighted by Gasteiger charge is 2.15. The number of nitrogens with zero attached hydrogens (tertiary/aromatic N) is 3. The third kappa shape index (κ3) is 3.75. The Hall–Kier alpha value is -3.22. The van der Waals surface area contributed by atoms with E-state index in [1.165, 1.54) is 24.3 Å².